The van der Waals surface area contributed by atoms with Gasteiger partial charge in [-0.25, -0.2) is 9.78 Å². The number of carboxylic acid groups (broad SMARTS) is 1. The van der Waals surface area contributed by atoms with E-state index < -0.39 is 12.1 Å². The molecule has 3 aromatic rings. The zero-order chi connectivity index (χ0) is 30.3. The summed E-state index contributed by atoms with van der Waals surface area (Å²) in [4.78, 5) is 30.8. The van der Waals surface area contributed by atoms with Crippen LogP contribution in [0.4, 0.5) is 18.9 Å². The standard InChI is InChI=1S/C28H36N4O3.C2HF3O2/c1-3-32-15-11-20(17-27(32)33)29-28-21-9-4-5-10-23(21)30-24-19-26(25(34-2)18-22(24)28)35-16-8-14-31-12-6-7-13-31;3-2(4,5)1(6)7/h4-5,9-10,18-20H,3,6-8,11-17H2,1-2H3,(H,29,30);(H,6,7). The van der Waals surface area contributed by atoms with Gasteiger partial charge in [0.25, 0.3) is 0 Å². The molecule has 0 bridgehead atoms. The van der Waals surface area contributed by atoms with Crippen LogP contribution in [0.2, 0.25) is 0 Å². The number of methoxy groups -OCH3 is 1. The summed E-state index contributed by atoms with van der Waals surface area (Å²) in [5.74, 6) is -1.12. The molecule has 5 rings (SSSR count). The summed E-state index contributed by atoms with van der Waals surface area (Å²) >= 11 is 0. The Balaban J connectivity index is 0.000000517. The summed E-state index contributed by atoms with van der Waals surface area (Å²) in [7, 11) is 1.68. The number of alkyl halides is 3. The summed E-state index contributed by atoms with van der Waals surface area (Å²) in [5.41, 5.74) is 2.79. The number of nitrogens with zero attached hydrogens (tertiary/aromatic N) is 3. The maximum absolute atomic E-state index is 12.5. The predicted molar refractivity (Wildman–Crippen MR) is 154 cm³/mol. The number of carbonyl (C=O) groups is 2. The van der Waals surface area contributed by atoms with E-state index >= 15 is 0 Å². The van der Waals surface area contributed by atoms with E-state index in [0.29, 0.717) is 18.8 Å². The number of piperidine rings is 1. The number of carbonyl (C=O) groups excluding carboxylic acids is 1. The van der Waals surface area contributed by atoms with Gasteiger partial charge in [-0.05, 0) is 57.8 Å². The SMILES string of the molecule is CCN1CCC(Nc2c3ccccc3nc3cc(OCCCN4CCCC4)c(OC)cc23)CC1=O.O=C(O)C(F)(F)F. The van der Waals surface area contributed by atoms with Gasteiger partial charge in [-0.1, -0.05) is 18.2 Å². The van der Waals surface area contributed by atoms with Crippen LogP contribution in [-0.4, -0.2) is 90.4 Å². The molecule has 228 valence electrons. The van der Waals surface area contributed by atoms with Gasteiger partial charge in [0.15, 0.2) is 11.5 Å². The number of carboxylic acids is 1. The number of rotatable bonds is 9. The fourth-order valence-corrected chi connectivity index (χ4v) is 5.34. The largest absolute Gasteiger partial charge is 0.493 e. The minimum Gasteiger partial charge on any atom is -0.493 e. The van der Waals surface area contributed by atoms with E-state index in [1.165, 1.54) is 25.9 Å². The molecule has 0 spiro atoms. The number of hydrogen-bond donors (Lipinski definition) is 2. The van der Waals surface area contributed by atoms with Gasteiger partial charge in [-0.2, -0.15) is 13.2 Å². The number of aliphatic carboxylic acids is 1. The number of aromatic nitrogens is 1. The molecule has 2 N–H and O–H groups in total. The summed E-state index contributed by atoms with van der Waals surface area (Å²) < 4.78 is 43.6. The Hall–Kier alpha value is -3.80. The number of likely N-dealkylation sites (tertiary alicyclic amines) is 2. The molecule has 42 heavy (non-hydrogen) atoms. The Labute approximate surface area is 242 Å². The first-order chi connectivity index (χ1) is 20.1. The van der Waals surface area contributed by atoms with Gasteiger partial charge in [-0.3, -0.25) is 4.79 Å². The van der Waals surface area contributed by atoms with Crippen LogP contribution < -0.4 is 14.8 Å². The Morgan fingerprint density at radius 1 is 1.10 bits per heavy atom. The van der Waals surface area contributed by atoms with Gasteiger partial charge in [0, 0.05) is 48.9 Å². The van der Waals surface area contributed by atoms with Crippen molar-refractivity contribution in [1.29, 1.82) is 0 Å². The number of hydrogen-bond acceptors (Lipinski definition) is 7. The monoisotopic (exact) mass is 590 g/mol. The van der Waals surface area contributed by atoms with Crippen molar-refractivity contribution >= 4 is 39.4 Å². The predicted octanol–water partition coefficient (Wildman–Crippen LogP) is 5.32. The number of benzene rings is 2. The molecule has 1 amide bonds. The van der Waals surface area contributed by atoms with Gasteiger partial charge in [0.05, 0.1) is 30.4 Å². The molecule has 3 heterocycles. The van der Waals surface area contributed by atoms with E-state index in [0.717, 1.165) is 65.7 Å². The number of pyridine rings is 1. The highest BCUT2D eigenvalue weighted by atomic mass is 19.4. The van der Waals surface area contributed by atoms with Crippen LogP contribution in [0.3, 0.4) is 0 Å². The van der Waals surface area contributed by atoms with Crippen molar-refractivity contribution in [1.82, 2.24) is 14.8 Å². The van der Waals surface area contributed by atoms with E-state index in [1.54, 1.807) is 7.11 Å². The van der Waals surface area contributed by atoms with Crippen molar-refractivity contribution in [2.24, 2.45) is 0 Å². The third-order valence-corrected chi connectivity index (χ3v) is 7.53. The second-order valence-electron chi connectivity index (χ2n) is 10.4. The van der Waals surface area contributed by atoms with Gasteiger partial charge < -0.3 is 29.7 Å². The first kappa shape index (κ1) is 31.1. The zero-order valence-electron chi connectivity index (χ0n) is 23.9. The maximum Gasteiger partial charge on any atom is 0.490 e. The van der Waals surface area contributed by atoms with Gasteiger partial charge in [0.1, 0.15) is 0 Å². The third kappa shape index (κ3) is 7.72. The van der Waals surface area contributed by atoms with Gasteiger partial charge in [0.2, 0.25) is 5.91 Å². The van der Waals surface area contributed by atoms with Crippen molar-refractivity contribution in [3.05, 3.63) is 36.4 Å². The lowest BCUT2D eigenvalue weighted by atomic mass is 10.0. The molecule has 2 saturated heterocycles. The summed E-state index contributed by atoms with van der Waals surface area (Å²) in [6, 6.07) is 12.3. The highest BCUT2D eigenvalue weighted by molar-refractivity contribution is 6.08. The number of ether oxygens (including phenoxy) is 2. The van der Waals surface area contributed by atoms with E-state index in [-0.39, 0.29) is 11.9 Å². The smallest absolute Gasteiger partial charge is 0.490 e. The molecule has 2 aliphatic heterocycles. The average molecular weight is 591 g/mol. The summed E-state index contributed by atoms with van der Waals surface area (Å²) in [5, 5.41) is 12.9. The summed E-state index contributed by atoms with van der Waals surface area (Å²) in [6.45, 7) is 7.72. The Bertz CT molecular complexity index is 1390. The minimum absolute atomic E-state index is 0.0896. The molecular weight excluding hydrogens is 553 g/mol. The minimum atomic E-state index is -5.08. The fourth-order valence-electron chi connectivity index (χ4n) is 5.34. The van der Waals surface area contributed by atoms with E-state index in [1.807, 2.05) is 42.2 Å². The maximum atomic E-state index is 12.5. The van der Waals surface area contributed by atoms with Crippen molar-refractivity contribution in [3.63, 3.8) is 0 Å². The molecule has 2 aromatic carbocycles. The molecule has 0 aliphatic carbocycles. The van der Waals surface area contributed by atoms with Crippen LogP contribution in [-0.2, 0) is 9.59 Å². The molecule has 0 radical (unpaired) electrons. The molecule has 1 aromatic heterocycles. The normalized spacial score (nSPS) is 17.7. The summed E-state index contributed by atoms with van der Waals surface area (Å²) in [6.07, 6.45) is -0.0551. The Morgan fingerprint density at radius 3 is 2.45 bits per heavy atom. The lowest BCUT2D eigenvalue weighted by Crippen LogP contribution is -2.43. The lowest BCUT2D eigenvalue weighted by molar-refractivity contribution is -0.192. The highest BCUT2D eigenvalue weighted by Gasteiger charge is 2.38. The number of para-hydroxylation sites is 1. The van der Waals surface area contributed by atoms with Crippen LogP contribution in [0.25, 0.3) is 21.8 Å². The van der Waals surface area contributed by atoms with E-state index in [4.69, 9.17) is 24.4 Å². The van der Waals surface area contributed by atoms with Crippen LogP contribution in [0, 0.1) is 0 Å². The molecule has 12 heteroatoms. The fraction of sp³-hybridized carbons (Fsp3) is 0.500. The van der Waals surface area contributed by atoms with Gasteiger partial charge >= 0.3 is 12.1 Å². The molecule has 9 nitrogen and oxygen atoms in total. The second-order valence-corrected chi connectivity index (χ2v) is 10.4. The van der Waals surface area contributed by atoms with Crippen molar-refractivity contribution < 1.29 is 37.3 Å². The van der Waals surface area contributed by atoms with Gasteiger partial charge in [-0.15, -0.1) is 0 Å². The first-order valence-corrected chi connectivity index (χ1v) is 14.2. The van der Waals surface area contributed by atoms with Crippen molar-refractivity contribution in [3.8, 4) is 11.5 Å². The van der Waals surface area contributed by atoms with Crippen molar-refractivity contribution in [2.45, 2.75) is 51.2 Å². The number of amides is 1. The number of anilines is 1. The van der Waals surface area contributed by atoms with Crippen LogP contribution in [0.15, 0.2) is 36.4 Å². The molecule has 2 fully saturated rings. The van der Waals surface area contributed by atoms with Crippen LogP contribution >= 0.6 is 0 Å². The molecule has 1 atom stereocenters. The molecule has 1 unspecified atom stereocenters. The van der Waals surface area contributed by atoms with E-state index in [9.17, 15) is 18.0 Å². The Kier molecular flexibility index (Phi) is 10.3. The number of halogens is 3. The van der Waals surface area contributed by atoms with Crippen LogP contribution in [0.5, 0.6) is 11.5 Å². The van der Waals surface area contributed by atoms with Crippen molar-refractivity contribution in [2.75, 3.05) is 51.8 Å². The zero-order valence-corrected chi connectivity index (χ0v) is 23.9. The molecule has 2 aliphatic rings. The van der Waals surface area contributed by atoms with E-state index in [2.05, 4.69) is 16.3 Å². The lowest BCUT2D eigenvalue weighted by Gasteiger charge is -2.32. The Morgan fingerprint density at radius 2 is 1.81 bits per heavy atom. The first-order valence-electron chi connectivity index (χ1n) is 14.2. The highest BCUT2D eigenvalue weighted by Crippen LogP contribution is 2.39. The molecular formula is C30H37F3N4O5. The quantitative estimate of drug-likeness (QED) is 0.255. The topological polar surface area (TPSA) is 104 Å². The second kappa shape index (κ2) is 13.9. The number of nitrogens with one attached hydrogen (secondary N) is 1. The number of fused-ring (bicyclic) bond motifs is 2. The van der Waals surface area contributed by atoms with Crippen LogP contribution in [0.1, 0.15) is 39.0 Å². The molecule has 0 saturated carbocycles. The third-order valence-electron chi connectivity index (χ3n) is 7.53. The average Bonchev–Trinajstić information content (AvgIpc) is 3.48.